The van der Waals surface area contributed by atoms with Gasteiger partial charge in [0, 0.05) is 23.8 Å². The third-order valence-electron chi connectivity index (χ3n) is 6.27. The van der Waals surface area contributed by atoms with Crippen molar-refractivity contribution in [3.05, 3.63) is 89.5 Å². The van der Waals surface area contributed by atoms with Gasteiger partial charge >= 0.3 is 0 Å². The monoisotopic (exact) mass is 429 g/mol. The Balaban J connectivity index is 1.28. The molecule has 2 amide bonds. The van der Waals surface area contributed by atoms with Gasteiger partial charge in [-0.3, -0.25) is 19.3 Å². The molecule has 0 N–H and O–H groups in total. The van der Waals surface area contributed by atoms with Crippen molar-refractivity contribution >= 4 is 17.6 Å². The van der Waals surface area contributed by atoms with E-state index in [1.165, 1.54) is 22.6 Å². The molecule has 1 fully saturated rings. The molecule has 0 atom stereocenters. The van der Waals surface area contributed by atoms with Gasteiger partial charge in [0.1, 0.15) is 12.4 Å². The Morgan fingerprint density at radius 2 is 1.53 bits per heavy atom. The van der Waals surface area contributed by atoms with E-state index in [0.717, 1.165) is 31.2 Å². The molecular weight excluding hydrogens is 402 g/mol. The predicted octanol–water partition coefficient (Wildman–Crippen LogP) is 4.98. The Bertz CT molecular complexity index is 1040. The summed E-state index contributed by atoms with van der Waals surface area (Å²) in [5, 5.41) is 0. The Kier molecular flexibility index (Phi) is 6.35. The molecule has 2 aromatic rings. The van der Waals surface area contributed by atoms with Gasteiger partial charge in [0.15, 0.2) is 5.78 Å². The molecule has 2 aromatic carbocycles. The van der Waals surface area contributed by atoms with E-state index in [9.17, 15) is 14.4 Å². The van der Waals surface area contributed by atoms with Gasteiger partial charge < -0.3 is 4.74 Å². The summed E-state index contributed by atoms with van der Waals surface area (Å²) in [6, 6.07) is 15.6. The number of amides is 2. The number of rotatable bonds is 7. The first kappa shape index (κ1) is 21.8. The van der Waals surface area contributed by atoms with E-state index in [1.807, 2.05) is 0 Å². The van der Waals surface area contributed by atoms with Gasteiger partial charge in [-0.25, -0.2) is 0 Å². The molecule has 164 valence electrons. The molecule has 0 aromatic heterocycles. The molecule has 1 aliphatic carbocycles. The molecule has 1 saturated carbocycles. The maximum Gasteiger partial charge on any atom is 0.253 e. The summed E-state index contributed by atoms with van der Waals surface area (Å²) in [6.45, 7) is 5.84. The lowest BCUT2D eigenvalue weighted by molar-refractivity contribution is -0.140. The molecule has 1 aliphatic heterocycles. The molecular formula is C27H27NO4. The first-order valence-corrected chi connectivity index (χ1v) is 11.0. The highest BCUT2D eigenvalue weighted by atomic mass is 16.5. The fourth-order valence-corrected chi connectivity index (χ4v) is 4.44. The second kappa shape index (κ2) is 9.35. The summed E-state index contributed by atoms with van der Waals surface area (Å²) in [4.78, 5) is 37.1. The Labute approximate surface area is 188 Å². The lowest BCUT2D eigenvalue weighted by Crippen LogP contribution is -2.41. The van der Waals surface area contributed by atoms with Crippen LogP contribution in [0.2, 0.25) is 0 Å². The Hall–Kier alpha value is -3.47. The predicted molar refractivity (Wildman–Crippen MR) is 122 cm³/mol. The Morgan fingerprint density at radius 1 is 0.938 bits per heavy atom. The quantitative estimate of drug-likeness (QED) is 0.354. The van der Waals surface area contributed by atoms with Crippen LogP contribution in [0.5, 0.6) is 5.75 Å². The van der Waals surface area contributed by atoms with Crippen LogP contribution in [0.1, 0.15) is 60.0 Å². The minimum atomic E-state index is -0.181. The number of hydrogen-bond donors (Lipinski definition) is 0. The third-order valence-corrected chi connectivity index (χ3v) is 6.27. The maximum absolute atomic E-state index is 11.9. The number of benzene rings is 2. The number of imide groups is 1. The molecule has 0 spiro atoms. The average molecular weight is 430 g/mol. The molecule has 2 aliphatic rings. The van der Waals surface area contributed by atoms with Crippen LogP contribution in [0.25, 0.3) is 0 Å². The summed E-state index contributed by atoms with van der Waals surface area (Å²) in [6.07, 6.45) is 6.35. The fourth-order valence-electron chi connectivity index (χ4n) is 4.44. The molecule has 0 radical (unpaired) electrons. The second-order valence-corrected chi connectivity index (χ2v) is 8.55. The number of carbonyl (C=O) groups excluding carboxylic acids is 3. The number of Topliss-reactive ketones (excluding diaryl/α,β-unsaturated/α-hetero) is 1. The summed E-state index contributed by atoms with van der Waals surface area (Å²) in [7, 11) is 0. The van der Waals surface area contributed by atoms with Crippen LogP contribution in [-0.2, 0) is 16.2 Å². The SMILES string of the molecule is C=C(C)C(=O)c1ccc(OCc2ccc(C3CCC(N4C(=O)C=CC4=O)CC3)cc2)cc1. The summed E-state index contributed by atoms with van der Waals surface area (Å²) in [5.74, 6) is 0.739. The standard InChI is InChI=1S/C27H27NO4/c1-18(2)27(31)22-9-13-24(14-10-22)32-17-19-3-5-20(6-4-19)21-7-11-23(12-8-21)28-25(29)15-16-26(28)30/h3-6,9-10,13-16,21,23H,1,7-8,11-12,17H2,2H3. The normalized spacial score (nSPS) is 20.5. The van der Waals surface area contributed by atoms with Gasteiger partial charge in [-0.2, -0.15) is 0 Å². The van der Waals surface area contributed by atoms with E-state index >= 15 is 0 Å². The molecule has 0 bridgehead atoms. The fraction of sp³-hybridized carbons (Fsp3) is 0.296. The zero-order valence-corrected chi connectivity index (χ0v) is 18.3. The molecule has 5 heteroatoms. The van der Waals surface area contributed by atoms with Crippen LogP contribution in [0, 0.1) is 0 Å². The highest BCUT2D eigenvalue weighted by molar-refractivity contribution is 6.13. The number of nitrogens with zero attached hydrogens (tertiary/aromatic N) is 1. The summed E-state index contributed by atoms with van der Waals surface area (Å²) in [5.41, 5.74) is 3.48. The van der Waals surface area contributed by atoms with E-state index in [4.69, 9.17) is 4.74 Å². The topological polar surface area (TPSA) is 63.7 Å². The van der Waals surface area contributed by atoms with Crippen molar-refractivity contribution in [3.8, 4) is 5.75 Å². The average Bonchev–Trinajstić information content (AvgIpc) is 3.16. The molecule has 32 heavy (non-hydrogen) atoms. The van der Waals surface area contributed by atoms with Crippen LogP contribution in [-0.4, -0.2) is 28.5 Å². The number of allylic oxidation sites excluding steroid dienone is 1. The van der Waals surface area contributed by atoms with E-state index < -0.39 is 0 Å². The van der Waals surface area contributed by atoms with Crippen molar-refractivity contribution in [3.63, 3.8) is 0 Å². The van der Waals surface area contributed by atoms with E-state index in [0.29, 0.717) is 29.4 Å². The number of ketones is 1. The highest BCUT2D eigenvalue weighted by Gasteiger charge is 2.34. The zero-order chi connectivity index (χ0) is 22.7. The second-order valence-electron chi connectivity index (χ2n) is 8.55. The molecule has 0 unspecified atom stereocenters. The van der Waals surface area contributed by atoms with Gasteiger partial charge in [-0.15, -0.1) is 0 Å². The van der Waals surface area contributed by atoms with Crippen molar-refractivity contribution < 1.29 is 19.1 Å². The molecule has 5 nitrogen and oxygen atoms in total. The lowest BCUT2D eigenvalue weighted by Gasteiger charge is -2.33. The number of hydrogen-bond acceptors (Lipinski definition) is 4. The molecule has 4 rings (SSSR count). The zero-order valence-electron chi connectivity index (χ0n) is 18.3. The van der Waals surface area contributed by atoms with Gasteiger partial charge in [-0.05, 0) is 79.5 Å². The van der Waals surface area contributed by atoms with Crippen molar-refractivity contribution in [1.29, 1.82) is 0 Å². The van der Waals surface area contributed by atoms with Crippen LogP contribution in [0.3, 0.4) is 0 Å². The van der Waals surface area contributed by atoms with Gasteiger partial charge in [0.2, 0.25) is 0 Å². The van der Waals surface area contributed by atoms with Crippen LogP contribution < -0.4 is 4.74 Å². The van der Waals surface area contributed by atoms with Crippen molar-refractivity contribution in [2.75, 3.05) is 0 Å². The first-order chi connectivity index (χ1) is 15.4. The molecule has 1 heterocycles. The summed E-state index contributed by atoms with van der Waals surface area (Å²) >= 11 is 0. The van der Waals surface area contributed by atoms with Crippen molar-refractivity contribution in [2.24, 2.45) is 0 Å². The maximum atomic E-state index is 11.9. The smallest absolute Gasteiger partial charge is 0.253 e. The third kappa shape index (κ3) is 4.72. The van der Waals surface area contributed by atoms with Gasteiger partial charge in [0.05, 0.1) is 0 Å². The first-order valence-electron chi connectivity index (χ1n) is 11.0. The van der Waals surface area contributed by atoms with E-state index in [2.05, 4.69) is 30.8 Å². The van der Waals surface area contributed by atoms with Crippen molar-refractivity contribution in [2.45, 2.75) is 51.2 Å². The van der Waals surface area contributed by atoms with E-state index in [1.54, 1.807) is 31.2 Å². The van der Waals surface area contributed by atoms with Gasteiger partial charge in [-0.1, -0.05) is 30.8 Å². The largest absolute Gasteiger partial charge is 0.489 e. The highest BCUT2D eigenvalue weighted by Crippen LogP contribution is 2.35. The lowest BCUT2D eigenvalue weighted by atomic mass is 9.81. The minimum Gasteiger partial charge on any atom is -0.489 e. The van der Waals surface area contributed by atoms with Gasteiger partial charge in [0.25, 0.3) is 11.8 Å². The van der Waals surface area contributed by atoms with Crippen LogP contribution >= 0.6 is 0 Å². The van der Waals surface area contributed by atoms with Crippen LogP contribution in [0.4, 0.5) is 0 Å². The minimum absolute atomic E-state index is 0.0194. The van der Waals surface area contributed by atoms with Crippen molar-refractivity contribution in [1.82, 2.24) is 4.90 Å². The summed E-state index contributed by atoms with van der Waals surface area (Å²) < 4.78 is 5.85. The number of carbonyl (C=O) groups is 3. The van der Waals surface area contributed by atoms with Crippen LogP contribution in [0.15, 0.2) is 72.8 Å². The van der Waals surface area contributed by atoms with E-state index in [-0.39, 0.29) is 23.6 Å². The number of ether oxygens (including phenoxy) is 1. The molecule has 0 saturated heterocycles. The Morgan fingerprint density at radius 3 is 2.09 bits per heavy atom.